The molecule has 1 saturated heterocycles. The SMILES string of the molecule is COCC(=O)N1CCC[C@@H](c2nccnc2-c2cn[nH]c2)C1. The number of H-pyrrole nitrogens is 1. The van der Waals surface area contributed by atoms with Crippen LogP contribution < -0.4 is 0 Å². The molecule has 7 heteroatoms. The van der Waals surface area contributed by atoms with Gasteiger partial charge in [0, 0.05) is 50.3 Å². The number of amides is 1. The molecule has 0 unspecified atom stereocenters. The predicted octanol–water partition coefficient (Wildman–Crippen LogP) is 1.22. The number of carbonyl (C=O) groups is 1. The molecule has 1 fully saturated rings. The molecule has 0 radical (unpaired) electrons. The number of likely N-dealkylation sites (tertiary alicyclic amines) is 1. The molecule has 0 saturated carbocycles. The standard InChI is InChI=1S/C15H19N5O2/c1-22-10-13(21)20-6-2-3-11(9-20)14-15(17-5-4-16-14)12-7-18-19-8-12/h4-5,7-8,11H,2-3,6,9-10H2,1H3,(H,18,19)/t11-/m1/s1. The van der Waals surface area contributed by atoms with Crippen LogP contribution in [0.25, 0.3) is 11.3 Å². The highest BCUT2D eigenvalue weighted by Crippen LogP contribution is 2.31. The molecule has 3 heterocycles. The molecule has 1 atom stereocenters. The zero-order valence-corrected chi connectivity index (χ0v) is 12.5. The molecule has 3 rings (SSSR count). The van der Waals surface area contributed by atoms with Gasteiger partial charge in [0.1, 0.15) is 6.61 Å². The largest absolute Gasteiger partial charge is 0.375 e. The minimum Gasteiger partial charge on any atom is -0.375 e. The normalized spacial score (nSPS) is 18.4. The third kappa shape index (κ3) is 2.99. The molecule has 7 nitrogen and oxygen atoms in total. The van der Waals surface area contributed by atoms with Crippen LogP contribution in [0.15, 0.2) is 24.8 Å². The molecule has 0 bridgehead atoms. The number of ether oxygens (including phenoxy) is 1. The maximum absolute atomic E-state index is 12.0. The number of methoxy groups -OCH3 is 1. The van der Waals surface area contributed by atoms with Crippen LogP contribution >= 0.6 is 0 Å². The van der Waals surface area contributed by atoms with Crippen molar-refractivity contribution in [2.24, 2.45) is 0 Å². The highest BCUT2D eigenvalue weighted by atomic mass is 16.5. The summed E-state index contributed by atoms with van der Waals surface area (Å²) in [5, 5.41) is 6.78. The van der Waals surface area contributed by atoms with Crippen molar-refractivity contribution in [2.45, 2.75) is 18.8 Å². The summed E-state index contributed by atoms with van der Waals surface area (Å²) in [7, 11) is 1.54. The number of aromatic nitrogens is 4. The summed E-state index contributed by atoms with van der Waals surface area (Å²) >= 11 is 0. The average Bonchev–Trinajstić information content (AvgIpc) is 3.09. The van der Waals surface area contributed by atoms with E-state index < -0.39 is 0 Å². The third-order valence-corrected chi connectivity index (χ3v) is 3.93. The van der Waals surface area contributed by atoms with Crippen LogP contribution in [0.5, 0.6) is 0 Å². The first-order valence-electron chi connectivity index (χ1n) is 7.36. The molecule has 0 aromatic carbocycles. The van der Waals surface area contributed by atoms with E-state index in [0.29, 0.717) is 6.54 Å². The molecule has 2 aromatic heterocycles. The molecule has 0 spiro atoms. The number of carbonyl (C=O) groups excluding carboxylic acids is 1. The van der Waals surface area contributed by atoms with E-state index in [4.69, 9.17) is 4.74 Å². The van der Waals surface area contributed by atoms with Crippen LogP contribution in [0.3, 0.4) is 0 Å². The Morgan fingerprint density at radius 2 is 2.32 bits per heavy atom. The van der Waals surface area contributed by atoms with Gasteiger partial charge in [-0.2, -0.15) is 5.10 Å². The molecule has 1 amide bonds. The van der Waals surface area contributed by atoms with Gasteiger partial charge in [0.15, 0.2) is 0 Å². The van der Waals surface area contributed by atoms with Gasteiger partial charge >= 0.3 is 0 Å². The van der Waals surface area contributed by atoms with Crippen LogP contribution in [-0.4, -0.2) is 57.8 Å². The van der Waals surface area contributed by atoms with Crippen molar-refractivity contribution in [2.75, 3.05) is 26.8 Å². The van der Waals surface area contributed by atoms with Crippen LogP contribution in [0.2, 0.25) is 0 Å². The van der Waals surface area contributed by atoms with Crippen LogP contribution in [0.1, 0.15) is 24.5 Å². The van der Waals surface area contributed by atoms with Crippen molar-refractivity contribution >= 4 is 5.91 Å². The molecular formula is C15H19N5O2. The lowest BCUT2D eigenvalue weighted by Gasteiger charge is -2.32. The minimum absolute atomic E-state index is 0.0287. The van der Waals surface area contributed by atoms with Gasteiger partial charge in [-0.3, -0.25) is 19.9 Å². The highest BCUT2D eigenvalue weighted by molar-refractivity contribution is 5.77. The third-order valence-electron chi connectivity index (χ3n) is 3.93. The number of rotatable bonds is 4. The first kappa shape index (κ1) is 14.6. The van der Waals surface area contributed by atoms with Crippen molar-refractivity contribution in [3.63, 3.8) is 0 Å². The van der Waals surface area contributed by atoms with Crippen LogP contribution in [-0.2, 0) is 9.53 Å². The number of hydrogen-bond acceptors (Lipinski definition) is 5. The van der Waals surface area contributed by atoms with Crippen molar-refractivity contribution in [3.05, 3.63) is 30.5 Å². The van der Waals surface area contributed by atoms with E-state index in [1.54, 1.807) is 25.7 Å². The summed E-state index contributed by atoms with van der Waals surface area (Å²) in [6, 6.07) is 0. The highest BCUT2D eigenvalue weighted by Gasteiger charge is 2.27. The quantitative estimate of drug-likeness (QED) is 0.918. The summed E-state index contributed by atoms with van der Waals surface area (Å²) < 4.78 is 4.95. The van der Waals surface area contributed by atoms with Gasteiger partial charge in [-0.1, -0.05) is 0 Å². The fraction of sp³-hybridized carbons (Fsp3) is 0.467. The Balaban J connectivity index is 1.84. The van der Waals surface area contributed by atoms with Crippen molar-refractivity contribution in [1.29, 1.82) is 0 Å². The lowest BCUT2D eigenvalue weighted by molar-refractivity contribution is -0.136. The Labute approximate surface area is 128 Å². The minimum atomic E-state index is 0.0287. The maximum atomic E-state index is 12.0. The van der Waals surface area contributed by atoms with Crippen LogP contribution in [0, 0.1) is 0 Å². The zero-order chi connectivity index (χ0) is 15.4. The van der Waals surface area contributed by atoms with Crippen molar-refractivity contribution < 1.29 is 9.53 Å². The molecule has 0 aliphatic carbocycles. The number of nitrogens with one attached hydrogen (secondary N) is 1. The second-order valence-corrected chi connectivity index (χ2v) is 5.39. The summed E-state index contributed by atoms with van der Waals surface area (Å²) in [5.74, 6) is 0.217. The second-order valence-electron chi connectivity index (χ2n) is 5.39. The smallest absolute Gasteiger partial charge is 0.248 e. The number of nitrogens with zero attached hydrogens (tertiary/aromatic N) is 4. The molecular weight excluding hydrogens is 282 g/mol. The monoisotopic (exact) mass is 301 g/mol. The van der Waals surface area contributed by atoms with Gasteiger partial charge < -0.3 is 9.64 Å². The number of piperidine rings is 1. The Morgan fingerprint density at radius 3 is 3.09 bits per heavy atom. The lowest BCUT2D eigenvalue weighted by Crippen LogP contribution is -2.41. The van der Waals surface area contributed by atoms with Gasteiger partial charge in [0.05, 0.1) is 17.6 Å². The van der Waals surface area contributed by atoms with E-state index >= 15 is 0 Å². The lowest BCUT2D eigenvalue weighted by atomic mass is 9.92. The molecule has 116 valence electrons. The van der Waals surface area contributed by atoms with E-state index in [2.05, 4.69) is 20.2 Å². The van der Waals surface area contributed by atoms with E-state index in [0.717, 1.165) is 36.3 Å². The number of hydrogen-bond donors (Lipinski definition) is 1. The Kier molecular flexibility index (Phi) is 4.43. The Morgan fingerprint density at radius 1 is 1.45 bits per heavy atom. The average molecular weight is 301 g/mol. The van der Waals surface area contributed by atoms with E-state index in [9.17, 15) is 4.79 Å². The Hall–Kier alpha value is -2.28. The van der Waals surface area contributed by atoms with Gasteiger partial charge in [0.25, 0.3) is 0 Å². The zero-order valence-electron chi connectivity index (χ0n) is 12.5. The van der Waals surface area contributed by atoms with Gasteiger partial charge in [-0.25, -0.2) is 0 Å². The number of aromatic amines is 1. The van der Waals surface area contributed by atoms with Gasteiger partial charge in [-0.15, -0.1) is 0 Å². The predicted molar refractivity (Wildman–Crippen MR) is 80.0 cm³/mol. The molecule has 2 aromatic rings. The first-order valence-corrected chi connectivity index (χ1v) is 7.36. The first-order chi connectivity index (χ1) is 10.8. The van der Waals surface area contributed by atoms with Gasteiger partial charge in [0.2, 0.25) is 5.91 Å². The van der Waals surface area contributed by atoms with E-state index in [1.807, 2.05) is 11.1 Å². The van der Waals surface area contributed by atoms with Gasteiger partial charge in [-0.05, 0) is 12.8 Å². The van der Waals surface area contributed by atoms with Crippen molar-refractivity contribution in [1.82, 2.24) is 25.1 Å². The summed E-state index contributed by atoms with van der Waals surface area (Å²) in [6.07, 6.45) is 8.90. The fourth-order valence-corrected chi connectivity index (χ4v) is 2.89. The van der Waals surface area contributed by atoms with Crippen molar-refractivity contribution in [3.8, 4) is 11.3 Å². The summed E-state index contributed by atoms with van der Waals surface area (Å²) in [4.78, 5) is 22.9. The van der Waals surface area contributed by atoms with E-state index in [-0.39, 0.29) is 18.4 Å². The summed E-state index contributed by atoms with van der Waals surface area (Å²) in [6.45, 7) is 1.56. The maximum Gasteiger partial charge on any atom is 0.248 e. The molecule has 1 aliphatic rings. The summed E-state index contributed by atoms with van der Waals surface area (Å²) in [5.41, 5.74) is 2.68. The molecule has 22 heavy (non-hydrogen) atoms. The van der Waals surface area contributed by atoms with Crippen LogP contribution in [0.4, 0.5) is 0 Å². The second kappa shape index (κ2) is 6.65. The topological polar surface area (TPSA) is 84.0 Å². The molecule has 1 N–H and O–H groups in total. The Bertz CT molecular complexity index is 629. The fourth-order valence-electron chi connectivity index (χ4n) is 2.89. The molecule has 1 aliphatic heterocycles. The van der Waals surface area contributed by atoms with E-state index in [1.165, 1.54) is 0 Å².